The molecule has 3 rings (SSSR count). The van der Waals surface area contributed by atoms with E-state index in [1.807, 2.05) is 36.6 Å². The SMILES string of the molecule is CCCCN(C(=O)c1cccc(OCc2csc(C)n2)c1)C1CC(C)(C)NC(C)(C)C1. The van der Waals surface area contributed by atoms with Gasteiger partial charge in [0.05, 0.1) is 10.7 Å². The van der Waals surface area contributed by atoms with E-state index in [4.69, 9.17) is 4.74 Å². The molecule has 0 atom stereocenters. The van der Waals surface area contributed by atoms with E-state index in [1.165, 1.54) is 0 Å². The van der Waals surface area contributed by atoms with Crippen molar-refractivity contribution in [1.82, 2.24) is 15.2 Å². The molecule has 31 heavy (non-hydrogen) atoms. The Balaban J connectivity index is 1.78. The zero-order valence-electron chi connectivity index (χ0n) is 19.8. The summed E-state index contributed by atoms with van der Waals surface area (Å²) in [7, 11) is 0. The molecule has 170 valence electrons. The minimum Gasteiger partial charge on any atom is -0.487 e. The second-order valence-electron chi connectivity index (χ2n) is 9.98. The summed E-state index contributed by atoms with van der Waals surface area (Å²) in [6.07, 6.45) is 3.98. The van der Waals surface area contributed by atoms with Gasteiger partial charge in [0, 0.05) is 34.6 Å². The average Bonchev–Trinajstić information content (AvgIpc) is 3.09. The Morgan fingerprint density at radius 3 is 2.58 bits per heavy atom. The van der Waals surface area contributed by atoms with Crippen molar-refractivity contribution in [3.8, 4) is 5.75 Å². The van der Waals surface area contributed by atoms with Crippen LogP contribution in [0.2, 0.25) is 0 Å². The number of rotatable bonds is 8. The van der Waals surface area contributed by atoms with Crippen molar-refractivity contribution in [3.63, 3.8) is 0 Å². The van der Waals surface area contributed by atoms with Crippen LogP contribution < -0.4 is 10.1 Å². The number of nitrogens with zero attached hydrogens (tertiary/aromatic N) is 2. The molecule has 1 saturated heterocycles. The number of aryl methyl sites for hydroxylation is 1. The summed E-state index contributed by atoms with van der Waals surface area (Å²) in [5, 5.41) is 6.77. The van der Waals surface area contributed by atoms with Crippen LogP contribution in [0.15, 0.2) is 29.6 Å². The molecule has 0 saturated carbocycles. The van der Waals surface area contributed by atoms with Crippen molar-refractivity contribution in [1.29, 1.82) is 0 Å². The van der Waals surface area contributed by atoms with E-state index in [0.717, 1.165) is 42.9 Å². The number of unbranched alkanes of at least 4 members (excludes halogenated alkanes) is 1. The van der Waals surface area contributed by atoms with Gasteiger partial charge in [-0.25, -0.2) is 4.98 Å². The molecule has 2 aromatic rings. The van der Waals surface area contributed by atoms with Crippen LogP contribution in [0.25, 0.3) is 0 Å². The predicted octanol–water partition coefficient (Wildman–Crippen LogP) is 5.58. The fourth-order valence-electron chi connectivity index (χ4n) is 4.78. The normalized spacial score (nSPS) is 18.0. The molecule has 5 nitrogen and oxygen atoms in total. The molecule has 6 heteroatoms. The minimum absolute atomic E-state index is 0.00616. The van der Waals surface area contributed by atoms with E-state index in [0.29, 0.717) is 17.9 Å². The lowest BCUT2D eigenvalue weighted by Crippen LogP contribution is -2.62. The smallest absolute Gasteiger partial charge is 0.254 e. The van der Waals surface area contributed by atoms with E-state index in [-0.39, 0.29) is 23.0 Å². The third kappa shape index (κ3) is 6.53. The molecule has 0 aliphatic carbocycles. The largest absolute Gasteiger partial charge is 0.487 e. The Morgan fingerprint density at radius 1 is 1.26 bits per heavy atom. The number of carbonyl (C=O) groups excluding carboxylic acids is 1. The lowest BCUT2D eigenvalue weighted by atomic mass is 9.78. The highest BCUT2D eigenvalue weighted by atomic mass is 32.1. The van der Waals surface area contributed by atoms with E-state index < -0.39 is 0 Å². The second-order valence-corrected chi connectivity index (χ2v) is 11.0. The highest BCUT2D eigenvalue weighted by Gasteiger charge is 2.41. The minimum atomic E-state index is -0.00616. The topological polar surface area (TPSA) is 54.5 Å². The maximum absolute atomic E-state index is 13.6. The predicted molar refractivity (Wildman–Crippen MR) is 128 cm³/mol. The van der Waals surface area contributed by atoms with Crippen LogP contribution in [0.5, 0.6) is 5.75 Å². The van der Waals surface area contributed by atoms with Gasteiger partial charge in [-0.2, -0.15) is 0 Å². The number of amides is 1. The van der Waals surface area contributed by atoms with Gasteiger partial charge in [-0.1, -0.05) is 19.4 Å². The van der Waals surface area contributed by atoms with E-state index in [9.17, 15) is 4.79 Å². The summed E-state index contributed by atoms with van der Waals surface area (Å²) < 4.78 is 5.93. The molecule has 0 unspecified atom stereocenters. The molecule has 1 aliphatic heterocycles. The van der Waals surface area contributed by atoms with Crippen molar-refractivity contribution in [2.24, 2.45) is 0 Å². The monoisotopic (exact) mass is 443 g/mol. The number of benzene rings is 1. The van der Waals surface area contributed by atoms with Gasteiger partial charge in [-0.15, -0.1) is 11.3 Å². The number of piperidine rings is 1. The van der Waals surface area contributed by atoms with Crippen LogP contribution in [0, 0.1) is 6.92 Å². The molecule has 0 spiro atoms. The Kier molecular flexibility index (Phi) is 7.43. The first-order valence-electron chi connectivity index (χ1n) is 11.3. The van der Waals surface area contributed by atoms with Gasteiger partial charge in [0.15, 0.2) is 0 Å². The van der Waals surface area contributed by atoms with Crippen LogP contribution in [0.4, 0.5) is 0 Å². The fourth-order valence-corrected chi connectivity index (χ4v) is 5.38. The maximum Gasteiger partial charge on any atom is 0.254 e. The Morgan fingerprint density at radius 2 is 1.97 bits per heavy atom. The van der Waals surface area contributed by atoms with Gasteiger partial charge in [-0.05, 0) is 72.1 Å². The van der Waals surface area contributed by atoms with Gasteiger partial charge in [0.2, 0.25) is 0 Å². The number of thiazole rings is 1. The number of ether oxygens (including phenoxy) is 1. The summed E-state index contributed by atoms with van der Waals surface area (Å²) >= 11 is 1.62. The number of nitrogens with one attached hydrogen (secondary N) is 1. The average molecular weight is 444 g/mol. The summed E-state index contributed by atoms with van der Waals surface area (Å²) in [6.45, 7) is 14.3. The van der Waals surface area contributed by atoms with Crippen LogP contribution in [0.1, 0.15) is 81.4 Å². The third-order valence-corrected chi connectivity index (χ3v) is 6.58. The molecule has 0 bridgehead atoms. The van der Waals surface area contributed by atoms with E-state index in [1.54, 1.807) is 11.3 Å². The molecular weight excluding hydrogens is 406 g/mol. The highest BCUT2D eigenvalue weighted by Crippen LogP contribution is 2.32. The van der Waals surface area contributed by atoms with Crippen LogP contribution in [-0.2, 0) is 6.61 Å². The van der Waals surface area contributed by atoms with Gasteiger partial charge >= 0.3 is 0 Å². The zero-order valence-corrected chi connectivity index (χ0v) is 20.6. The fraction of sp³-hybridized carbons (Fsp3) is 0.600. The summed E-state index contributed by atoms with van der Waals surface area (Å²) in [5.41, 5.74) is 1.60. The lowest BCUT2D eigenvalue weighted by Gasteiger charge is -2.49. The first kappa shape index (κ1) is 23.7. The zero-order chi connectivity index (χ0) is 22.6. The molecular formula is C25H37N3O2S. The molecule has 1 fully saturated rings. The molecule has 1 aliphatic rings. The van der Waals surface area contributed by atoms with Crippen molar-refractivity contribution in [2.75, 3.05) is 6.54 Å². The highest BCUT2D eigenvalue weighted by molar-refractivity contribution is 7.09. The van der Waals surface area contributed by atoms with Gasteiger partial charge in [0.1, 0.15) is 12.4 Å². The van der Waals surface area contributed by atoms with E-state index in [2.05, 4.69) is 49.8 Å². The first-order chi connectivity index (χ1) is 14.6. The second kappa shape index (κ2) is 9.70. The summed E-state index contributed by atoms with van der Waals surface area (Å²) in [5.74, 6) is 0.805. The molecule has 1 aromatic heterocycles. The number of carbonyl (C=O) groups is 1. The van der Waals surface area contributed by atoms with Crippen LogP contribution in [0.3, 0.4) is 0 Å². The summed E-state index contributed by atoms with van der Waals surface area (Å²) in [4.78, 5) is 20.2. The molecule has 1 amide bonds. The molecule has 1 N–H and O–H groups in total. The first-order valence-corrected chi connectivity index (χ1v) is 12.2. The van der Waals surface area contributed by atoms with Crippen molar-refractivity contribution < 1.29 is 9.53 Å². The number of hydrogen-bond acceptors (Lipinski definition) is 5. The van der Waals surface area contributed by atoms with Crippen molar-refractivity contribution in [2.45, 2.75) is 91.0 Å². The number of aromatic nitrogens is 1. The van der Waals surface area contributed by atoms with Gasteiger partial charge in [0.25, 0.3) is 5.91 Å². The van der Waals surface area contributed by atoms with Gasteiger partial charge < -0.3 is 15.0 Å². The maximum atomic E-state index is 13.6. The van der Waals surface area contributed by atoms with Gasteiger partial charge in [-0.3, -0.25) is 4.79 Å². The summed E-state index contributed by atoms with van der Waals surface area (Å²) in [6, 6.07) is 7.80. The standard InChI is InChI=1S/C25H37N3O2S/c1-7-8-12-28(21-14-24(3,4)27-25(5,6)15-21)23(29)19-10-9-11-22(13-19)30-16-20-17-31-18(2)26-20/h9-11,13,17,21,27H,7-8,12,14-16H2,1-6H3. The molecule has 1 aromatic carbocycles. The lowest BCUT2D eigenvalue weighted by molar-refractivity contribution is 0.0441. The Bertz CT molecular complexity index is 874. The Hall–Kier alpha value is -1.92. The van der Waals surface area contributed by atoms with Crippen LogP contribution in [-0.4, -0.2) is 39.5 Å². The Labute approximate surface area is 191 Å². The molecule has 2 heterocycles. The van der Waals surface area contributed by atoms with Crippen molar-refractivity contribution >= 4 is 17.2 Å². The van der Waals surface area contributed by atoms with E-state index >= 15 is 0 Å². The quantitative estimate of drug-likeness (QED) is 0.578. The molecule has 0 radical (unpaired) electrons. The number of hydrogen-bond donors (Lipinski definition) is 1. The van der Waals surface area contributed by atoms with Crippen molar-refractivity contribution in [3.05, 3.63) is 45.9 Å². The third-order valence-electron chi connectivity index (χ3n) is 5.76. The van der Waals surface area contributed by atoms with Crippen LogP contribution >= 0.6 is 11.3 Å².